The Morgan fingerprint density at radius 2 is 2.04 bits per heavy atom. The number of rotatable bonds is 6. The van der Waals surface area contributed by atoms with Crippen molar-refractivity contribution in [1.29, 1.82) is 0 Å². The molecule has 0 aromatic heterocycles. The minimum absolute atomic E-state index is 0.0323. The molecule has 0 N–H and O–H groups in total. The van der Waals surface area contributed by atoms with Crippen LogP contribution in [0.4, 0.5) is 0 Å². The molecule has 1 fully saturated rings. The van der Waals surface area contributed by atoms with E-state index in [9.17, 15) is 4.79 Å². The van der Waals surface area contributed by atoms with Gasteiger partial charge in [-0.3, -0.25) is 4.79 Å². The predicted octanol–water partition coefficient (Wildman–Crippen LogP) is 2.44. The van der Waals surface area contributed by atoms with E-state index in [1.807, 2.05) is 23.1 Å². The zero-order chi connectivity index (χ0) is 17.0. The van der Waals surface area contributed by atoms with Crippen molar-refractivity contribution in [3.8, 4) is 11.5 Å². The summed E-state index contributed by atoms with van der Waals surface area (Å²) in [5, 5.41) is 0. The highest BCUT2D eigenvalue weighted by molar-refractivity contribution is 7.80. The molecule has 0 amide bonds. The standard InChI is InChI=1S/C17H21NO4S/c1-5-12-10-18(16(23)15(12)17(19)22-4)9-11-6-7-13(20-2)14(8-11)21-3/h5-8,12,15H,1,9-10H2,2-4H3. The maximum atomic E-state index is 12.0. The fourth-order valence-electron chi connectivity index (χ4n) is 2.78. The number of benzene rings is 1. The number of thiocarbonyl (C=S) groups is 1. The monoisotopic (exact) mass is 335 g/mol. The molecule has 6 heteroatoms. The van der Waals surface area contributed by atoms with Crippen LogP contribution in [0.5, 0.6) is 11.5 Å². The summed E-state index contributed by atoms with van der Waals surface area (Å²) in [5.74, 6) is 0.564. The second kappa shape index (κ2) is 7.46. The summed E-state index contributed by atoms with van der Waals surface area (Å²) >= 11 is 5.48. The van der Waals surface area contributed by atoms with Crippen molar-refractivity contribution >= 4 is 23.2 Å². The molecule has 124 valence electrons. The molecule has 5 nitrogen and oxygen atoms in total. The number of hydrogen-bond donors (Lipinski definition) is 0. The first-order valence-electron chi connectivity index (χ1n) is 7.25. The third kappa shape index (κ3) is 3.47. The second-order valence-electron chi connectivity index (χ2n) is 5.31. The largest absolute Gasteiger partial charge is 0.493 e. The zero-order valence-corrected chi connectivity index (χ0v) is 14.4. The third-order valence-corrected chi connectivity index (χ3v) is 4.53. The van der Waals surface area contributed by atoms with Crippen LogP contribution >= 0.6 is 12.2 Å². The number of hydrogen-bond acceptors (Lipinski definition) is 5. The van der Waals surface area contributed by atoms with Gasteiger partial charge in [-0.05, 0) is 17.7 Å². The minimum Gasteiger partial charge on any atom is -0.493 e. The van der Waals surface area contributed by atoms with Gasteiger partial charge < -0.3 is 19.1 Å². The molecule has 1 aromatic rings. The van der Waals surface area contributed by atoms with Gasteiger partial charge in [0.1, 0.15) is 5.92 Å². The number of methoxy groups -OCH3 is 3. The normalized spacial score (nSPS) is 20.3. The average Bonchev–Trinajstić information content (AvgIpc) is 2.89. The van der Waals surface area contributed by atoms with Crippen LogP contribution in [0.25, 0.3) is 0 Å². The number of nitrogens with zero attached hydrogens (tertiary/aromatic N) is 1. The van der Waals surface area contributed by atoms with Crippen LogP contribution in [-0.4, -0.2) is 43.7 Å². The van der Waals surface area contributed by atoms with Gasteiger partial charge in [0.15, 0.2) is 11.5 Å². The Balaban J connectivity index is 2.19. The second-order valence-corrected chi connectivity index (χ2v) is 5.73. The predicted molar refractivity (Wildman–Crippen MR) is 91.7 cm³/mol. The van der Waals surface area contributed by atoms with Gasteiger partial charge in [0.25, 0.3) is 0 Å². The van der Waals surface area contributed by atoms with E-state index < -0.39 is 5.92 Å². The molecule has 1 saturated heterocycles. The molecule has 1 aromatic carbocycles. The van der Waals surface area contributed by atoms with E-state index in [2.05, 4.69) is 6.58 Å². The van der Waals surface area contributed by atoms with Crippen LogP contribution in [0.3, 0.4) is 0 Å². The van der Waals surface area contributed by atoms with E-state index in [4.69, 9.17) is 26.4 Å². The van der Waals surface area contributed by atoms with Gasteiger partial charge in [-0.25, -0.2) is 0 Å². The lowest BCUT2D eigenvalue weighted by Gasteiger charge is -2.19. The molecule has 1 aliphatic heterocycles. The van der Waals surface area contributed by atoms with Crippen molar-refractivity contribution in [3.05, 3.63) is 36.4 Å². The van der Waals surface area contributed by atoms with Crippen LogP contribution < -0.4 is 9.47 Å². The van der Waals surface area contributed by atoms with Crippen LogP contribution in [0.1, 0.15) is 5.56 Å². The van der Waals surface area contributed by atoms with Crippen molar-refractivity contribution in [2.45, 2.75) is 6.54 Å². The topological polar surface area (TPSA) is 48.0 Å². The summed E-state index contributed by atoms with van der Waals surface area (Å²) in [5.41, 5.74) is 1.03. The lowest BCUT2D eigenvalue weighted by molar-refractivity contribution is -0.143. The zero-order valence-electron chi connectivity index (χ0n) is 13.6. The van der Waals surface area contributed by atoms with Crippen LogP contribution in [0.2, 0.25) is 0 Å². The summed E-state index contributed by atoms with van der Waals surface area (Å²) in [7, 11) is 4.58. The van der Waals surface area contributed by atoms with Gasteiger partial charge in [-0.15, -0.1) is 6.58 Å². The molecule has 23 heavy (non-hydrogen) atoms. The molecular formula is C17H21NO4S. The first-order valence-corrected chi connectivity index (χ1v) is 7.66. The Morgan fingerprint density at radius 1 is 1.35 bits per heavy atom. The molecule has 0 aliphatic carbocycles. The lowest BCUT2D eigenvalue weighted by atomic mass is 9.96. The molecule has 1 aliphatic rings. The van der Waals surface area contributed by atoms with Gasteiger partial charge in [-0.1, -0.05) is 24.4 Å². The number of carbonyl (C=O) groups excluding carboxylic acids is 1. The van der Waals surface area contributed by atoms with Crippen molar-refractivity contribution in [2.24, 2.45) is 11.8 Å². The summed E-state index contributed by atoms with van der Waals surface area (Å²) in [4.78, 5) is 14.6. The summed E-state index contributed by atoms with van der Waals surface area (Å²) in [6.45, 7) is 5.05. The van der Waals surface area contributed by atoms with Crippen LogP contribution in [-0.2, 0) is 16.1 Å². The molecule has 2 atom stereocenters. The van der Waals surface area contributed by atoms with Gasteiger partial charge in [0, 0.05) is 19.0 Å². The highest BCUT2D eigenvalue weighted by Gasteiger charge is 2.41. The third-order valence-electron chi connectivity index (χ3n) is 4.02. The number of esters is 1. The van der Waals surface area contributed by atoms with Crippen molar-refractivity contribution in [1.82, 2.24) is 4.90 Å². The Kier molecular flexibility index (Phi) is 5.60. The van der Waals surface area contributed by atoms with E-state index in [0.717, 1.165) is 5.56 Å². The number of carbonyl (C=O) groups is 1. The Hall–Kier alpha value is -2.08. The molecule has 0 spiro atoms. The maximum Gasteiger partial charge on any atom is 0.316 e. The van der Waals surface area contributed by atoms with Crippen molar-refractivity contribution < 1.29 is 19.0 Å². The lowest BCUT2D eigenvalue weighted by Crippen LogP contribution is -2.29. The molecular weight excluding hydrogens is 314 g/mol. The number of ether oxygens (including phenoxy) is 3. The van der Waals surface area contributed by atoms with E-state index in [0.29, 0.717) is 29.6 Å². The maximum absolute atomic E-state index is 12.0. The minimum atomic E-state index is -0.437. The van der Waals surface area contributed by atoms with Gasteiger partial charge in [-0.2, -0.15) is 0 Å². The van der Waals surface area contributed by atoms with Crippen molar-refractivity contribution in [3.63, 3.8) is 0 Å². The van der Waals surface area contributed by atoms with Gasteiger partial charge in [0.2, 0.25) is 0 Å². The SMILES string of the molecule is C=CC1CN(Cc2ccc(OC)c(OC)c2)C(=S)C1C(=O)OC. The summed E-state index contributed by atoms with van der Waals surface area (Å²) < 4.78 is 15.4. The van der Waals surface area contributed by atoms with Gasteiger partial charge in [0.05, 0.1) is 26.3 Å². The Bertz CT molecular complexity index is 617. The molecule has 1 heterocycles. The Morgan fingerprint density at radius 3 is 2.61 bits per heavy atom. The highest BCUT2D eigenvalue weighted by atomic mass is 32.1. The van der Waals surface area contributed by atoms with E-state index in [-0.39, 0.29) is 11.9 Å². The quantitative estimate of drug-likeness (QED) is 0.452. The van der Waals surface area contributed by atoms with Gasteiger partial charge >= 0.3 is 5.97 Å². The number of likely N-dealkylation sites (tertiary alicyclic amines) is 1. The first kappa shape index (κ1) is 17.3. The van der Waals surface area contributed by atoms with Crippen LogP contribution in [0, 0.1) is 11.8 Å². The summed E-state index contributed by atoms with van der Waals surface area (Å²) in [6.07, 6.45) is 1.77. The fourth-order valence-corrected chi connectivity index (χ4v) is 3.19. The molecule has 0 radical (unpaired) electrons. The highest BCUT2D eigenvalue weighted by Crippen LogP contribution is 2.32. The molecule has 2 rings (SSSR count). The molecule has 0 saturated carbocycles. The van der Waals surface area contributed by atoms with E-state index in [1.165, 1.54) is 7.11 Å². The molecule has 2 unspecified atom stereocenters. The van der Waals surface area contributed by atoms with E-state index in [1.54, 1.807) is 20.3 Å². The average molecular weight is 335 g/mol. The van der Waals surface area contributed by atoms with E-state index >= 15 is 0 Å². The first-order chi connectivity index (χ1) is 11.0. The van der Waals surface area contributed by atoms with Crippen molar-refractivity contribution in [2.75, 3.05) is 27.9 Å². The Labute approximate surface area is 141 Å². The summed E-state index contributed by atoms with van der Waals surface area (Å²) in [6, 6.07) is 5.73. The molecule has 0 bridgehead atoms. The fraction of sp³-hybridized carbons (Fsp3) is 0.412. The van der Waals surface area contributed by atoms with Crippen LogP contribution in [0.15, 0.2) is 30.9 Å². The smallest absolute Gasteiger partial charge is 0.316 e.